The number of nitriles is 1. The summed E-state index contributed by atoms with van der Waals surface area (Å²) in [6, 6.07) is 11.8. The third-order valence-corrected chi connectivity index (χ3v) is 3.53. The number of hydrogen-bond acceptors (Lipinski definition) is 3. The van der Waals surface area contributed by atoms with Gasteiger partial charge in [0.1, 0.15) is 17.5 Å². The first-order chi connectivity index (χ1) is 11.4. The number of amides is 1. The van der Waals surface area contributed by atoms with Crippen molar-refractivity contribution in [1.82, 2.24) is 0 Å². The third-order valence-electron chi connectivity index (χ3n) is 3.53. The molecule has 0 saturated heterocycles. The molecule has 5 heteroatoms. The highest BCUT2D eigenvalue weighted by Crippen LogP contribution is 2.22. The van der Waals surface area contributed by atoms with Crippen LogP contribution >= 0.6 is 0 Å². The van der Waals surface area contributed by atoms with Gasteiger partial charge in [0.2, 0.25) is 0 Å². The Labute approximate surface area is 140 Å². The second kappa shape index (κ2) is 7.42. The first-order valence-electron chi connectivity index (χ1n) is 7.43. The number of para-hydroxylation sites is 1. The lowest BCUT2D eigenvalue weighted by molar-refractivity contribution is -0.112. The minimum atomic E-state index is -0.545. The highest BCUT2D eigenvalue weighted by atomic mass is 19.1. The molecule has 0 aromatic heterocycles. The average Bonchev–Trinajstić information content (AvgIpc) is 2.53. The summed E-state index contributed by atoms with van der Waals surface area (Å²) in [6.45, 7) is 5.76. The normalized spacial score (nSPS) is 10.9. The number of hydrogen-bond donors (Lipinski definition) is 2. The van der Waals surface area contributed by atoms with E-state index in [0.717, 1.165) is 16.7 Å². The van der Waals surface area contributed by atoms with Gasteiger partial charge in [0.15, 0.2) is 0 Å². The molecule has 0 heterocycles. The maximum Gasteiger partial charge on any atom is 0.267 e. The van der Waals surface area contributed by atoms with Crippen LogP contribution in [-0.4, -0.2) is 5.91 Å². The van der Waals surface area contributed by atoms with Crippen molar-refractivity contribution >= 4 is 17.3 Å². The minimum Gasteiger partial charge on any atom is -0.358 e. The number of rotatable bonds is 4. The van der Waals surface area contributed by atoms with Crippen molar-refractivity contribution < 1.29 is 9.18 Å². The van der Waals surface area contributed by atoms with Crippen LogP contribution in [0.2, 0.25) is 0 Å². The lowest BCUT2D eigenvalue weighted by Crippen LogP contribution is -2.16. The first-order valence-corrected chi connectivity index (χ1v) is 7.43. The van der Waals surface area contributed by atoms with Crippen LogP contribution in [0.5, 0.6) is 0 Å². The van der Waals surface area contributed by atoms with E-state index in [0.29, 0.717) is 5.69 Å². The largest absolute Gasteiger partial charge is 0.358 e. The smallest absolute Gasteiger partial charge is 0.267 e. The van der Waals surface area contributed by atoms with Gasteiger partial charge >= 0.3 is 0 Å². The van der Waals surface area contributed by atoms with Crippen molar-refractivity contribution in [1.29, 1.82) is 5.26 Å². The first kappa shape index (κ1) is 17.2. The van der Waals surface area contributed by atoms with Gasteiger partial charge in [0.05, 0.1) is 5.69 Å². The van der Waals surface area contributed by atoms with Gasteiger partial charge in [-0.15, -0.1) is 0 Å². The molecule has 0 unspecified atom stereocenters. The maximum atomic E-state index is 13.6. The van der Waals surface area contributed by atoms with Gasteiger partial charge in [-0.1, -0.05) is 29.8 Å². The van der Waals surface area contributed by atoms with Gasteiger partial charge in [0, 0.05) is 11.9 Å². The number of anilines is 2. The Hall–Kier alpha value is -3.13. The highest BCUT2D eigenvalue weighted by molar-refractivity contribution is 6.07. The fraction of sp³-hybridized carbons (Fsp3) is 0.158. The standard InChI is InChI=1S/C19H18FN3O/c1-12-8-13(2)18(14(3)9-12)23-19(24)15(10-21)11-22-17-7-5-4-6-16(17)20/h4-9,11,22H,1-3H3,(H,23,24)/b15-11-. The van der Waals surface area contributed by atoms with Crippen LogP contribution in [0.4, 0.5) is 15.8 Å². The summed E-state index contributed by atoms with van der Waals surface area (Å²) < 4.78 is 13.6. The van der Waals surface area contributed by atoms with E-state index >= 15 is 0 Å². The molecular weight excluding hydrogens is 305 g/mol. The summed E-state index contributed by atoms with van der Waals surface area (Å²) in [4.78, 5) is 12.3. The molecule has 0 radical (unpaired) electrons. The molecule has 0 aliphatic carbocycles. The Kier molecular flexibility index (Phi) is 5.33. The number of halogens is 1. The molecule has 2 aromatic rings. The SMILES string of the molecule is Cc1cc(C)c(NC(=O)/C(C#N)=C\Nc2ccccc2F)c(C)c1. The van der Waals surface area contributed by atoms with Crippen LogP contribution in [0.1, 0.15) is 16.7 Å². The second-order valence-corrected chi connectivity index (χ2v) is 5.52. The van der Waals surface area contributed by atoms with E-state index in [1.54, 1.807) is 12.1 Å². The van der Waals surface area contributed by atoms with Gasteiger partial charge in [0.25, 0.3) is 5.91 Å². The number of carbonyl (C=O) groups excluding carboxylic acids is 1. The Morgan fingerprint density at radius 1 is 1.17 bits per heavy atom. The average molecular weight is 323 g/mol. The predicted octanol–water partition coefficient (Wildman–Crippen LogP) is 4.21. The van der Waals surface area contributed by atoms with E-state index in [4.69, 9.17) is 0 Å². The van der Waals surface area contributed by atoms with Crippen LogP contribution in [0, 0.1) is 37.9 Å². The zero-order valence-electron chi connectivity index (χ0n) is 13.8. The van der Waals surface area contributed by atoms with E-state index in [2.05, 4.69) is 10.6 Å². The van der Waals surface area contributed by atoms with Gasteiger partial charge in [-0.2, -0.15) is 5.26 Å². The highest BCUT2D eigenvalue weighted by Gasteiger charge is 2.13. The Balaban J connectivity index is 2.20. The molecule has 0 atom stereocenters. The fourth-order valence-corrected chi connectivity index (χ4v) is 2.43. The van der Waals surface area contributed by atoms with E-state index in [1.165, 1.54) is 18.3 Å². The molecule has 0 aliphatic rings. The summed E-state index contributed by atoms with van der Waals surface area (Å²) in [5.74, 6) is -1.01. The zero-order valence-corrected chi connectivity index (χ0v) is 13.8. The molecule has 24 heavy (non-hydrogen) atoms. The quantitative estimate of drug-likeness (QED) is 0.654. The van der Waals surface area contributed by atoms with Crippen LogP contribution in [0.25, 0.3) is 0 Å². The minimum absolute atomic E-state index is 0.141. The lowest BCUT2D eigenvalue weighted by Gasteiger charge is -2.12. The molecule has 2 N–H and O–H groups in total. The summed E-state index contributed by atoms with van der Waals surface area (Å²) in [7, 11) is 0. The molecule has 4 nitrogen and oxygen atoms in total. The van der Waals surface area contributed by atoms with Crippen molar-refractivity contribution in [2.45, 2.75) is 20.8 Å². The lowest BCUT2D eigenvalue weighted by atomic mass is 10.0. The van der Waals surface area contributed by atoms with Crippen LogP contribution in [-0.2, 0) is 4.79 Å². The molecule has 2 rings (SSSR count). The third kappa shape index (κ3) is 3.99. The molecule has 0 spiro atoms. The molecule has 0 saturated carbocycles. The van der Waals surface area contributed by atoms with Crippen molar-refractivity contribution in [3.05, 3.63) is 70.7 Å². The fourth-order valence-electron chi connectivity index (χ4n) is 2.43. The van der Waals surface area contributed by atoms with Crippen molar-refractivity contribution in [2.24, 2.45) is 0 Å². The van der Waals surface area contributed by atoms with Crippen LogP contribution < -0.4 is 10.6 Å². The van der Waals surface area contributed by atoms with E-state index in [9.17, 15) is 14.4 Å². The predicted molar refractivity (Wildman–Crippen MR) is 93.0 cm³/mol. The molecule has 0 fully saturated rings. The number of nitrogens with one attached hydrogen (secondary N) is 2. The molecule has 0 aliphatic heterocycles. The Bertz CT molecular complexity index is 827. The zero-order chi connectivity index (χ0) is 17.7. The molecule has 1 amide bonds. The number of nitrogens with zero attached hydrogens (tertiary/aromatic N) is 1. The topological polar surface area (TPSA) is 64.9 Å². The number of carbonyl (C=O) groups is 1. The Morgan fingerprint density at radius 3 is 2.38 bits per heavy atom. The molecule has 122 valence electrons. The summed E-state index contributed by atoms with van der Waals surface area (Å²) in [6.07, 6.45) is 1.20. The van der Waals surface area contributed by atoms with Gasteiger partial charge < -0.3 is 10.6 Å². The van der Waals surface area contributed by atoms with E-state index < -0.39 is 11.7 Å². The molecular formula is C19H18FN3O. The van der Waals surface area contributed by atoms with Crippen molar-refractivity contribution in [2.75, 3.05) is 10.6 Å². The Morgan fingerprint density at radius 2 is 1.79 bits per heavy atom. The van der Waals surface area contributed by atoms with Crippen LogP contribution in [0.15, 0.2) is 48.2 Å². The van der Waals surface area contributed by atoms with E-state index in [-0.39, 0.29) is 11.3 Å². The summed E-state index contributed by atoms with van der Waals surface area (Å²) in [5.41, 5.74) is 3.66. The summed E-state index contributed by atoms with van der Waals surface area (Å²) in [5, 5.41) is 14.6. The van der Waals surface area contributed by atoms with Crippen molar-refractivity contribution in [3.63, 3.8) is 0 Å². The summed E-state index contributed by atoms with van der Waals surface area (Å²) >= 11 is 0. The van der Waals surface area contributed by atoms with Gasteiger partial charge in [-0.05, 0) is 44.0 Å². The maximum absolute atomic E-state index is 13.6. The van der Waals surface area contributed by atoms with Gasteiger partial charge in [-0.3, -0.25) is 4.79 Å². The van der Waals surface area contributed by atoms with Gasteiger partial charge in [-0.25, -0.2) is 4.39 Å². The van der Waals surface area contributed by atoms with Crippen molar-refractivity contribution in [3.8, 4) is 6.07 Å². The monoisotopic (exact) mass is 323 g/mol. The second-order valence-electron chi connectivity index (χ2n) is 5.52. The molecule has 2 aromatic carbocycles. The van der Waals surface area contributed by atoms with Crippen LogP contribution in [0.3, 0.4) is 0 Å². The molecule has 0 bridgehead atoms. The van der Waals surface area contributed by atoms with E-state index in [1.807, 2.05) is 39.0 Å². The number of benzene rings is 2. The number of aryl methyl sites for hydroxylation is 3.